The summed E-state index contributed by atoms with van der Waals surface area (Å²) in [5.41, 5.74) is 11.0. The summed E-state index contributed by atoms with van der Waals surface area (Å²) in [4.78, 5) is 2.39. The average molecular weight is 683 g/mol. The van der Waals surface area contributed by atoms with Crippen LogP contribution in [0.3, 0.4) is 0 Å². The third kappa shape index (κ3) is 4.45. The van der Waals surface area contributed by atoms with Gasteiger partial charge in [0.1, 0.15) is 11.2 Å². The SMILES string of the molecule is c1ccc(-n2c3ccccc3c3cc(-c4ccc(N(c5ccc6sc7ccccc7c6c5)c5cccc6oc7ccccc7c56)cc4)ccc32)cc1. The third-order valence-corrected chi connectivity index (χ3v) is 11.5. The zero-order valence-corrected chi connectivity index (χ0v) is 28.8. The maximum atomic E-state index is 6.38. The Labute approximate surface area is 303 Å². The van der Waals surface area contributed by atoms with Crippen molar-refractivity contribution in [2.24, 2.45) is 0 Å². The topological polar surface area (TPSA) is 21.3 Å². The molecule has 52 heavy (non-hydrogen) atoms. The van der Waals surface area contributed by atoms with Gasteiger partial charge in [0.05, 0.1) is 22.1 Å². The maximum absolute atomic E-state index is 6.38. The summed E-state index contributed by atoms with van der Waals surface area (Å²) in [5, 5.41) is 7.28. The van der Waals surface area contributed by atoms with E-state index in [2.05, 4.69) is 185 Å². The molecule has 244 valence electrons. The molecule has 0 unspecified atom stereocenters. The van der Waals surface area contributed by atoms with Crippen LogP contribution in [0, 0.1) is 0 Å². The molecule has 0 amide bonds. The molecular formula is C48H30N2OS. The van der Waals surface area contributed by atoms with Crippen molar-refractivity contribution in [3.05, 3.63) is 182 Å². The van der Waals surface area contributed by atoms with E-state index >= 15 is 0 Å². The van der Waals surface area contributed by atoms with Gasteiger partial charge >= 0.3 is 0 Å². The Morgan fingerprint density at radius 2 is 1.10 bits per heavy atom. The van der Waals surface area contributed by atoms with Crippen LogP contribution in [0.4, 0.5) is 17.1 Å². The zero-order valence-electron chi connectivity index (χ0n) is 28.0. The van der Waals surface area contributed by atoms with E-state index in [1.165, 1.54) is 58.8 Å². The molecule has 4 heteroatoms. The maximum Gasteiger partial charge on any atom is 0.137 e. The second-order valence-electron chi connectivity index (χ2n) is 13.3. The molecule has 0 bridgehead atoms. The minimum atomic E-state index is 0.880. The van der Waals surface area contributed by atoms with E-state index in [4.69, 9.17) is 4.42 Å². The largest absolute Gasteiger partial charge is 0.456 e. The molecule has 0 spiro atoms. The van der Waals surface area contributed by atoms with Gasteiger partial charge in [-0.25, -0.2) is 0 Å². The van der Waals surface area contributed by atoms with E-state index in [1.807, 2.05) is 17.4 Å². The van der Waals surface area contributed by atoms with Gasteiger partial charge in [0, 0.05) is 53.4 Å². The van der Waals surface area contributed by atoms with Gasteiger partial charge in [0.15, 0.2) is 0 Å². The number of hydrogen-bond acceptors (Lipinski definition) is 3. The van der Waals surface area contributed by atoms with E-state index in [0.29, 0.717) is 0 Å². The Morgan fingerprint density at radius 1 is 0.423 bits per heavy atom. The molecule has 0 aliphatic carbocycles. The van der Waals surface area contributed by atoms with Crippen LogP contribution in [0.1, 0.15) is 0 Å². The highest BCUT2D eigenvalue weighted by atomic mass is 32.1. The van der Waals surface area contributed by atoms with Crippen LogP contribution in [0.15, 0.2) is 186 Å². The van der Waals surface area contributed by atoms with Crippen LogP contribution in [0.25, 0.3) is 80.7 Å². The number of thiophene rings is 1. The number of fused-ring (bicyclic) bond motifs is 9. The van der Waals surface area contributed by atoms with E-state index in [1.54, 1.807) is 0 Å². The van der Waals surface area contributed by atoms with Gasteiger partial charge in [0.2, 0.25) is 0 Å². The number of para-hydroxylation sites is 3. The molecule has 3 aromatic heterocycles. The van der Waals surface area contributed by atoms with Crippen LogP contribution >= 0.6 is 11.3 Å². The molecule has 11 aromatic rings. The van der Waals surface area contributed by atoms with Gasteiger partial charge in [-0.05, 0) is 96.1 Å². The molecule has 3 nitrogen and oxygen atoms in total. The molecule has 11 rings (SSSR count). The van der Waals surface area contributed by atoms with Crippen molar-refractivity contribution in [3.63, 3.8) is 0 Å². The van der Waals surface area contributed by atoms with Crippen molar-refractivity contribution in [2.75, 3.05) is 4.90 Å². The Balaban J connectivity index is 1.08. The number of rotatable bonds is 5. The molecule has 0 aliphatic rings. The van der Waals surface area contributed by atoms with Gasteiger partial charge in [-0.15, -0.1) is 11.3 Å². The molecule has 0 fully saturated rings. The van der Waals surface area contributed by atoms with E-state index in [9.17, 15) is 0 Å². The molecule has 0 aliphatic heterocycles. The van der Waals surface area contributed by atoms with Crippen LogP contribution in [0.2, 0.25) is 0 Å². The predicted octanol–water partition coefficient (Wildman–Crippen LogP) is 14.2. The second-order valence-corrected chi connectivity index (χ2v) is 14.4. The Kier molecular flexibility index (Phi) is 6.42. The van der Waals surface area contributed by atoms with E-state index in [-0.39, 0.29) is 0 Å². The predicted molar refractivity (Wildman–Crippen MR) is 221 cm³/mol. The molecule has 8 aromatic carbocycles. The molecule has 0 saturated carbocycles. The first-order valence-electron chi connectivity index (χ1n) is 17.6. The van der Waals surface area contributed by atoms with Gasteiger partial charge in [-0.2, -0.15) is 0 Å². The summed E-state index contributed by atoms with van der Waals surface area (Å²) in [6, 6.07) is 65.5. The summed E-state index contributed by atoms with van der Waals surface area (Å²) in [5.74, 6) is 0. The number of hydrogen-bond donors (Lipinski definition) is 0. The summed E-state index contributed by atoms with van der Waals surface area (Å²) < 4.78 is 11.3. The van der Waals surface area contributed by atoms with E-state index < -0.39 is 0 Å². The monoisotopic (exact) mass is 682 g/mol. The molecule has 0 atom stereocenters. The highest BCUT2D eigenvalue weighted by Gasteiger charge is 2.21. The summed E-state index contributed by atoms with van der Waals surface area (Å²) >= 11 is 1.85. The van der Waals surface area contributed by atoms with Crippen LogP contribution < -0.4 is 4.90 Å². The van der Waals surface area contributed by atoms with Crippen LogP contribution in [-0.2, 0) is 0 Å². The molecule has 0 radical (unpaired) electrons. The lowest BCUT2D eigenvalue weighted by Crippen LogP contribution is -2.10. The highest BCUT2D eigenvalue weighted by molar-refractivity contribution is 7.25. The summed E-state index contributed by atoms with van der Waals surface area (Å²) in [6.07, 6.45) is 0. The van der Waals surface area contributed by atoms with Gasteiger partial charge in [0.25, 0.3) is 0 Å². The van der Waals surface area contributed by atoms with Crippen LogP contribution in [0.5, 0.6) is 0 Å². The lowest BCUT2D eigenvalue weighted by atomic mass is 10.0. The van der Waals surface area contributed by atoms with Crippen molar-refractivity contribution >= 4 is 92.3 Å². The quantitative estimate of drug-likeness (QED) is 0.180. The Morgan fingerprint density at radius 3 is 1.98 bits per heavy atom. The lowest BCUT2D eigenvalue weighted by Gasteiger charge is -2.26. The molecule has 0 N–H and O–H groups in total. The van der Waals surface area contributed by atoms with Crippen molar-refractivity contribution < 1.29 is 4.42 Å². The number of benzene rings is 8. The fraction of sp³-hybridized carbons (Fsp3) is 0. The highest BCUT2D eigenvalue weighted by Crippen LogP contribution is 2.45. The normalized spacial score (nSPS) is 11.8. The van der Waals surface area contributed by atoms with Gasteiger partial charge < -0.3 is 13.9 Å². The van der Waals surface area contributed by atoms with Crippen molar-refractivity contribution in [1.29, 1.82) is 0 Å². The standard InChI is InChI=1S/C48H30N2OS/c1-2-11-33(12-3-1)50-41-16-7-4-13-36(41)39-29-32(23-27-42(39)50)31-21-24-34(25-22-31)49(35-26-28-47-40(30-35)37-14-6-9-20-46(37)52-47)43-17-10-19-45-48(43)38-15-5-8-18-44(38)51-45/h1-30H. The minimum Gasteiger partial charge on any atom is -0.456 e. The first-order chi connectivity index (χ1) is 25.8. The fourth-order valence-electron chi connectivity index (χ4n) is 8.03. The molecule has 0 saturated heterocycles. The number of anilines is 3. The number of aromatic nitrogens is 1. The Bertz CT molecular complexity index is 3130. The van der Waals surface area contributed by atoms with Crippen molar-refractivity contribution in [1.82, 2.24) is 4.57 Å². The number of furan rings is 1. The number of nitrogens with zero attached hydrogens (tertiary/aromatic N) is 2. The first kappa shape index (κ1) is 29.1. The average Bonchev–Trinajstić information content (AvgIpc) is 3.88. The van der Waals surface area contributed by atoms with E-state index in [0.717, 1.165) is 39.0 Å². The minimum absolute atomic E-state index is 0.880. The fourth-order valence-corrected chi connectivity index (χ4v) is 9.12. The summed E-state index contributed by atoms with van der Waals surface area (Å²) in [6.45, 7) is 0. The van der Waals surface area contributed by atoms with Crippen molar-refractivity contribution in [2.45, 2.75) is 0 Å². The Hall–Kier alpha value is -6.62. The van der Waals surface area contributed by atoms with Gasteiger partial charge in [-0.1, -0.05) is 97.1 Å². The summed E-state index contributed by atoms with van der Waals surface area (Å²) in [7, 11) is 0. The lowest BCUT2D eigenvalue weighted by molar-refractivity contribution is 0.669. The molecule has 3 heterocycles. The van der Waals surface area contributed by atoms with Gasteiger partial charge in [-0.3, -0.25) is 0 Å². The second kappa shape index (κ2) is 11.5. The molecular weight excluding hydrogens is 653 g/mol. The van der Waals surface area contributed by atoms with Crippen molar-refractivity contribution in [3.8, 4) is 16.8 Å². The zero-order chi connectivity index (χ0) is 34.2. The van der Waals surface area contributed by atoms with Crippen LogP contribution in [-0.4, -0.2) is 4.57 Å². The first-order valence-corrected chi connectivity index (χ1v) is 18.4. The third-order valence-electron chi connectivity index (χ3n) is 10.4. The smallest absolute Gasteiger partial charge is 0.137 e.